The maximum atomic E-state index is 13.6. The van der Waals surface area contributed by atoms with Crippen LogP contribution in [0, 0.1) is 0 Å². The number of hydrogen-bond donors (Lipinski definition) is 2. The minimum atomic E-state index is -1.05. The zero-order valence-electron chi connectivity index (χ0n) is 22.9. The number of carboxylic acid groups (broad SMARTS) is 1. The molecule has 1 aliphatic heterocycles. The van der Waals surface area contributed by atoms with Crippen molar-refractivity contribution in [2.75, 3.05) is 25.2 Å². The van der Waals surface area contributed by atoms with E-state index in [0.29, 0.717) is 33.7 Å². The second-order valence-electron chi connectivity index (χ2n) is 8.78. The summed E-state index contributed by atoms with van der Waals surface area (Å²) in [6, 6.07) is 13.3. The van der Waals surface area contributed by atoms with Crippen molar-refractivity contribution in [2.45, 2.75) is 20.5 Å². The van der Waals surface area contributed by atoms with E-state index < -0.39 is 23.8 Å². The number of carbonyl (C=O) groups is 4. The molecule has 1 saturated heterocycles. The van der Waals surface area contributed by atoms with Crippen LogP contribution in [0.25, 0.3) is 6.08 Å². The number of amides is 4. The van der Waals surface area contributed by atoms with Gasteiger partial charge in [-0.1, -0.05) is 12.1 Å². The lowest BCUT2D eigenvalue weighted by atomic mass is 10.1. The predicted octanol–water partition coefficient (Wildman–Crippen LogP) is 5.20. The molecule has 3 aromatic rings. The van der Waals surface area contributed by atoms with Gasteiger partial charge in [-0.3, -0.25) is 14.9 Å². The van der Waals surface area contributed by atoms with E-state index in [1.807, 2.05) is 0 Å². The molecular weight excluding hydrogens is 612 g/mol. The van der Waals surface area contributed by atoms with Crippen molar-refractivity contribution in [1.29, 1.82) is 0 Å². The zero-order valence-corrected chi connectivity index (χ0v) is 24.5. The Morgan fingerprint density at radius 3 is 2.43 bits per heavy atom. The molecule has 1 fully saturated rings. The second kappa shape index (κ2) is 13.2. The fraction of sp³-hybridized carbons (Fsp3) is 0.200. The number of carboxylic acids is 1. The minimum Gasteiger partial charge on any atom is -0.494 e. The predicted molar refractivity (Wildman–Crippen MR) is 156 cm³/mol. The molecule has 0 saturated carbocycles. The molecule has 4 amide bonds. The quantitative estimate of drug-likeness (QED) is 0.214. The van der Waals surface area contributed by atoms with E-state index in [9.17, 15) is 24.3 Å². The maximum Gasteiger partial charge on any atom is 0.336 e. The highest BCUT2D eigenvalue weighted by atomic mass is 79.9. The van der Waals surface area contributed by atoms with Crippen molar-refractivity contribution < 1.29 is 43.2 Å². The molecule has 0 atom stereocenters. The first-order chi connectivity index (χ1) is 20.2. The number of rotatable bonds is 11. The van der Waals surface area contributed by atoms with E-state index in [4.69, 9.17) is 18.9 Å². The van der Waals surface area contributed by atoms with Crippen LogP contribution in [-0.4, -0.2) is 49.2 Å². The number of carbonyl (C=O) groups excluding carboxylic acids is 3. The molecule has 0 radical (unpaired) electrons. The summed E-state index contributed by atoms with van der Waals surface area (Å²) in [6.45, 7) is 4.26. The van der Waals surface area contributed by atoms with E-state index in [-0.39, 0.29) is 41.5 Å². The van der Waals surface area contributed by atoms with Crippen LogP contribution in [0.2, 0.25) is 0 Å². The third-order valence-corrected chi connectivity index (χ3v) is 6.59. The topological polar surface area (TPSA) is 141 Å². The second-order valence-corrected chi connectivity index (χ2v) is 9.64. The molecular formula is C30H27BrN2O9. The van der Waals surface area contributed by atoms with Gasteiger partial charge in [-0.15, -0.1) is 0 Å². The standard InChI is InChI=1S/C30H27BrN2O9/c1-4-40-20-9-10-24(41-5-2)23(15-20)33-28(35)21(27(34)32-30(33)38)12-18-13-22(31)26(25(14-18)39-3)42-16-17-7-6-8-19(11-17)29(36)37/h6-15H,4-5,16H2,1-3H3,(H,36,37)(H,32,34,38)/b21-12+. The van der Waals surface area contributed by atoms with E-state index in [0.717, 1.165) is 4.90 Å². The highest BCUT2D eigenvalue weighted by Gasteiger charge is 2.38. The van der Waals surface area contributed by atoms with Crippen LogP contribution in [0.5, 0.6) is 23.0 Å². The van der Waals surface area contributed by atoms with Crippen molar-refractivity contribution in [3.8, 4) is 23.0 Å². The number of ether oxygens (including phenoxy) is 4. The number of hydrogen-bond acceptors (Lipinski definition) is 8. The Kier molecular flexibility index (Phi) is 9.48. The van der Waals surface area contributed by atoms with Gasteiger partial charge in [0.2, 0.25) is 0 Å². The van der Waals surface area contributed by atoms with Crippen LogP contribution in [0.1, 0.15) is 35.3 Å². The summed E-state index contributed by atoms with van der Waals surface area (Å²) in [4.78, 5) is 51.4. The molecule has 0 aromatic heterocycles. The van der Waals surface area contributed by atoms with Gasteiger partial charge in [0, 0.05) is 6.07 Å². The molecule has 3 aromatic carbocycles. The molecule has 0 bridgehead atoms. The summed E-state index contributed by atoms with van der Waals surface area (Å²) < 4.78 is 23.0. The van der Waals surface area contributed by atoms with Gasteiger partial charge in [0.1, 0.15) is 23.7 Å². The number of halogens is 1. The van der Waals surface area contributed by atoms with Gasteiger partial charge in [-0.2, -0.15) is 0 Å². The average Bonchev–Trinajstić information content (AvgIpc) is 2.96. The molecule has 11 nitrogen and oxygen atoms in total. The number of urea groups is 1. The van der Waals surface area contributed by atoms with Gasteiger partial charge in [-0.05, 0) is 83.4 Å². The molecule has 12 heteroatoms. The number of barbiturate groups is 1. The van der Waals surface area contributed by atoms with Crippen molar-refractivity contribution >= 4 is 51.5 Å². The number of aromatic carboxylic acids is 1. The Labute approximate surface area is 249 Å². The highest BCUT2D eigenvalue weighted by molar-refractivity contribution is 9.10. The van der Waals surface area contributed by atoms with Crippen LogP contribution in [0.4, 0.5) is 10.5 Å². The number of methoxy groups -OCH3 is 1. The Bertz CT molecular complexity index is 1580. The number of imide groups is 2. The Morgan fingerprint density at radius 2 is 1.74 bits per heavy atom. The van der Waals surface area contributed by atoms with Crippen molar-refractivity contribution in [2.24, 2.45) is 0 Å². The van der Waals surface area contributed by atoms with Crippen LogP contribution in [0.3, 0.4) is 0 Å². The summed E-state index contributed by atoms with van der Waals surface area (Å²) in [7, 11) is 1.43. The van der Waals surface area contributed by atoms with Crippen LogP contribution < -0.4 is 29.2 Å². The van der Waals surface area contributed by atoms with E-state index >= 15 is 0 Å². The van der Waals surface area contributed by atoms with Gasteiger partial charge >= 0.3 is 12.0 Å². The average molecular weight is 639 g/mol. The Balaban J connectivity index is 1.66. The monoisotopic (exact) mass is 638 g/mol. The highest BCUT2D eigenvalue weighted by Crippen LogP contribution is 2.39. The number of nitrogens with zero attached hydrogens (tertiary/aromatic N) is 1. The molecule has 2 N–H and O–H groups in total. The Hall–Kier alpha value is -4.84. The Morgan fingerprint density at radius 1 is 0.976 bits per heavy atom. The minimum absolute atomic E-state index is 0.0530. The molecule has 4 rings (SSSR count). The smallest absolute Gasteiger partial charge is 0.336 e. The molecule has 218 valence electrons. The van der Waals surface area contributed by atoms with Crippen LogP contribution in [-0.2, 0) is 16.2 Å². The third-order valence-electron chi connectivity index (χ3n) is 6.00. The normalized spacial score (nSPS) is 14.0. The largest absolute Gasteiger partial charge is 0.494 e. The van der Waals surface area contributed by atoms with E-state index in [1.165, 1.54) is 31.4 Å². The van der Waals surface area contributed by atoms with E-state index in [2.05, 4.69) is 21.2 Å². The van der Waals surface area contributed by atoms with Gasteiger partial charge in [0.25, 0.3) is 11.8 Å². The molecule has 0 unspecified atom stereocenters. The van der Waals surface area contributed by atoms with Gasteiger partial charge in [0.05, 0.1) is 36.0 Å². The number of anilines is 1. The van der Waals surface area contributed by atoms with Gasteiger partial charge in [-0.25, -0.2) is 14.5 Å². The SMILES string of the molecule is CCOc1ccc(OCC)c(N2C(=O)NC(=O)/C(=C\c3cc(Br)c(OCc4cccc(C(=O)O)c4)c(OC)c3)C2=O)c1. The number of nitrogens with one attached hydrogen (secondary N) is 1. The van der Waals surface area contributed by atoms with Gasteiger partial charge in [0.15, 0.2) is 11.5 Å². The summed E-state index contributed by atoms with van der Waals surface area (Å²) in [5.74, 6) is -1.49. The fourth-order valence-corrected chi connectivity index (χ4v) is 4.74. The summed E-state index contributed by atoms with van der Waals surface area (Å²) in [5, 5.41) is 11.4. The van der Waals surface area contributed by atoms with Crippen molar-refractivity contribution in [1.82, 2.24) is 5.32 Å². The fourth-order valence-electron chi connectivity index (χ4n) is 4.16. The molecule has 0 aliphatic carbocycles. The maximum absolute atomic E-state index is 13.6. The first-order valence-electron chi connectivity index (χ1n) is 12.8. The lowest BCUT2D eigenvalue weighted by Gasteiger charge is -2.28. The van der Waals surface area contributed by atoms with Crippen LogP contribution >= 0.6 is 15.9 Å². The zero-order chi connectivity index (χ0) is 30.4. The lowest BCUT2D eigenvalue weighted by molar-refractivity contribution is -0.122. The third kappa shape index (κ3) is 6.55. The number of benzene rings is 3. The molecule has 42 heavy (non-hydrogen) atoms. The van der Waals surface area contributed by atoms with Gasteiger partial charge < -0.3 is 24.1 Å². The van der Waals surface area contributed by atoms with Crippen LogP contribution in [0.15, 0.2) is 64.6 Å². The van der Waals surface area contributed by atoms with Crippen molar-refractivity contribution in [3.05, 3.63) is 81.3 Å². The lowest BCUT2D eigenvalue weighted by Crippen LogP contribution is -2.54. The molecule has 1 heterocycles. The first kappa shape index (κ1) is 30.1. The summed E-state index contributed by atoms with van der Waals surface area (Å²) >= 11 is 3.44. The summed E-state index contributed by atoms with van der Waals surface area (Å²) in [6.07, 6.45) is 1.33. The summed E-state index contributed by atoms with van der Waals surface area (Å²) in [5.41, 5.74) is 0.985. The molecule has 0 spiro atoms. The molecule has 1 aliphatic rings. The van der Waals surface area contributed by atoms with E-state index in [1.54, 1.807) is 50.2 Å². The first-order valence-corrected chi connectivity index (χ1v) is 13.6. The van der Waals surface area contributed by atoms with Crippen molar-refractivity contribution in [3.63, 3.8) is 0 Å².